The number of amides is 1. The van der Waals surface area contributed by atoms with Crippen LogP contribution in [-0.4, -0.2) is 50.9 Å². The maximum atomic E-state index is 13.6. The second-order valence-corrected chi connectivity index (χ2v) is 10.4. The Hall–Kier alpha value is -3.21. The van der Waals surface area contributed by atoms with Crippen molar-refractivity contribution in [3.05, 3.63) is 74.5 Å². The van der Waals surface area contributed by atoms with Crippen LogP contribution >= 0.6 is 24.0 Å². The number of ether oxygens (including phenoxy) is 2. The molecule has 2 aliphatic rings. The van der Waals surface area contributed by atoms with Gasteiger partial charge in [0.15, 0.2) is 0 Å². The molecule has 5 rings (SSSR count). The van der Waals surface area contributed by atoms with Crippen LogP contribution in [0.4, 0.5) is 5.82 Å². The van der Waals surface area contributed by atoms with E-state index in [4.69, 9.17) is 26.7 Å². The number of methoxy groups -OCH3 is 1. The monoisotopic (exact) mass is 522 g/mol. The number of fused-ring (bicyclic) bond motifs is 1. The number of carbonyl (C=O) groups is 1. The number of aryl methyl sites for hydroxylation is 1. The minimum Gasteiger partial charge on any atom is -0.497 e. The molecule has 1 amide bonds. The van der Waals surface area contributed by atoms with Crippen molar-refractivity contribution < 1.29 is 14.3 Å². The van der Waals surface area contributed by atoms with Crippen LogP contribution in [0.3, 0.4) is 0 Å². The van der Waals surface area contributed by atoms with Gasteiger partial charge in [0.2, 0.25) is 0 Å². The molecule has 4 heterocycles. The fourth-order valence-electron chi connectivity index (χ4n) is 4.23. The van der Waals surface area contributed by atoms with Crippen LogP contribution in [0.15, 0.2) is 52.3 Å². The van der Waals surface area contributed by atoms with Gasteiger partial charge in [0, 0.05) is 19.3 Å². The van der Waals surface area contributed by atoms with E-state index in [2.05, 4.69) is 5.32 Å². The van der Waals surface area contributed by atoms with Crippen LogP contribution in [0, 0.1) is 6.92 Å². The summed E-state index contributed by atoms with van der Waals surface area (Å²) in [7, 11) is 1.62. The maximum Gasteiger partial charge on any atom is 0.267 e. The number of thioether (sulfide) groups is 1. The molecule has 2 saturated heterocycles. The fraction of sp³-hybridized carbons (Fsp3) is 0.308. The van der Waals surface area contributed by atoms with Gasteiger partial charge in [-0.05, 0) is 55.2 Å². The number of carbonyl (C=O) groups excluding carboxylic acids is 1. The van der Waals surface area contributed by atoms with Gasteiger partial charge in [-0.2, -0.15) is 0 Å². The van der Waals surface area contributed by atoms with Crippen molar-refractivity contribution >= 4 is 51.7 Å². The standard InChI is InChI=1S/C26H26N4O4S2/c1-16-5-10-22-28-23(27-13-17-6-8-18(33-2)9-7-17)20(24(31)29(22)14-16)12-21-25(32)30(26(35)36-21)15-19-4-3-11-34-19/h5-10,12,14,19,27H,3-4,11,13,15H2,1-2H3/b21-12-/t19-/m1/s1. The summed E-state index contributed by atoms with van der Waals surface area (Å²) >= 11 is 6.69. The number of benzene rings is 1. The summed E-state index contributed by atoms with van der Waals surface area (Å²) in [6.45, 7) is 3.49. The molecule has 186 valence electrons. The van der Waals surface area contributed by atoms with E-state index in [-0.39, 0.29) is 17.6 Å². The van der Waals surface area contributed by atoms with Crippen LogP contribution in [-0.2, 0) is 16.1 Å². The average molecular weight is 523 g/mol. The van der Waals surface area contributed by atoms with E-state index >= 15 is 0 Å². The molecule has 2 fully saturated rings. The van der Waals surface area contributed by atoms with Gasteiger partial charge in [-0.3, -0.25) is 18.9 Å². The normalized spacial score (nSPS) is 19.0. The summed E-state index contributed by atoms with van der Waals surface area (Å²) in [6.07, 6.45) is 5.24. The summed E-state index contributed by atoms with van der Waals surface area (Å²) in [4.78, 5) is 33.5. The summed E-state index contributed by atoms with van der Waals surface area (Å²) in [5.41, 5.74) is 2.50. The molecule has 2 aliphatic heterocycles. The zero-order chi connectivity index (χ0) is 25.2. The molecular formula is C26H26N4O4S2. The van der Waals surface area contributed by atoms with Crippen LogP contribution in [0.1, 0.15) is 29.5 Å². The Balaban J connectivity index is 1.49. The van der Waals surface area contributed by atoms with Gasteiger partial charge in [-0.25, -0.2) is 4.98 Å². The zero-order valence-corrected chi connectivity index (χ0v) is 21.7. The lowest BCUT2D eigenvalue weighted by Crippen LogP contribution is -2.35. The summed E-state index contributed by atoms with van der Waals surface area (Å²) < 4.78 is 12.9. The van der Waals surface area contributed by atoms with Gasteiger partial charge in [-0.15, -0.1) is 0 Å². The molecule has 0 aliphatic carbocycles. The van der Waals surface area contributed by atoms with Crippen molar-refractivity contribution in [1.82, 2.24) is 14.3 Å². The van der Waals surface area contributed by atoms with Gasteiger partial charge >= 0.3 is 0 Å². The van der Waals surface area contributed by atoms with Gasteiger partial charge in [0.25, 0.3) is 11.5 Å². The predicted octanol–water partition coefficient (Wildman–Crippen LogP) is 4.00. The minimum absolute atomic E-state index is 0.00971. The number of nitrogens with one attached hydrogen (secondary N) is 1. The molecule has 10 heteroatoms. The highest BCUT2D eigenvalue weighted by molar-refractivity contribution is 8.26. The van der Waals surface area contributed by atoms with E-state index in [9.17, 15) is 9.59 Å². The molecule has 36 heavy (non-hydrogen) atoms. The van der Waals surface area contributed by atoms with Gasteiger partial charge < -0.3 is 14.8 Å². The molecule has 1 aromatic carbocycles. The summed E-state index contributed by atoms with van der Waals surface area (Å²) in [5.74, 6) is 0.960. The quantitative estimate of drug-likeness (QED) is 0.368. The first-order chi connectivity index (χ1) is 17.4. The van der Waals surface area contributed by atoms with E-state index in [1.807, 2.05) is 37.3 Å². The molecule has 0 spiro atoms. The van der Waals surface area contributed by atoms with Gasteiger partial charge in [0.1, 0.15) is 21.5 Å². The molecule has 8 nitrogen and oxygen atoms in total. The van der Waals surface area contributed by atoms with Gasteiger partial charge in [0.05, 0.1) is 30.2 Å². The van der Waals surface area contributed by atoms with Gasteiger partial charge in [-0.1, -0.05) is 42.2 Å². The molecule has 0 bridgehead atoms. The van der Waals surface area contributed by atoms with Crippen molar-refractivity contribution in [2.24, 2.45) is 0 Å². The Morgan fingerprint density at radius 3 is 2.78 bits per heavy atom. The molecule has 1 N–H and O–H groups in total. The number of hydrogen-bond acceptors (Lipinski definition) is 8. The molecule has 0 radical (unpaired) electrons. The third-order valence-corrected chi connectivity index (χ3v) is 7.56. The third kappa shape index (κ3) is 5.02. The van der Waals surface area contributed by atoms with E-state index in [1.165, 1.54) is 16.2 Å². The van der Waals surface area contributed by atoms with Crippen LogP contribution in [0.25, 0.3) is 11.7 Å². The molecule has 1 atom stereocenters. The van der Waals surface area contributed by atoms with Crippen LogP contribution < -0.4 is 15.6 Å². The number of rotatable bonds is 7. The van der Waals surface area contributed by atoms with E-state index in [0.717, 1.165) is 29.7 Å². The van der Waals surface area contributed by atoms with Crippen LogP contribution in [0.5, 0.6) is 5.75 Å². The molecule has 2 aromatic heterocycles. The first-order valence-corrected chi connectivity index (χ1v) is 12.9. The van der Waals surface area contributed by atoms with E-state index in [1.54, 1.807) is 30.3 Å². The number of hydrogen-bond donors (Lipinski definition) is 1. The molecule has 0 saturated carbocycles. The van der Waals surface area contributed by atoms with Crippen molar-refractivity contribution in [3.8, 4) is 5.75 Å². The smallest absolute Gasteiger partial charge is 0.267 e. The average Bonchev–Trinajstić information content (AvgIpc) is 3.49. The highest BCUT2D eigenvalue weighted by atomic mass is 32.2. The lowest BCUT2D eigenvalue weighted by atomic mass is 10.2. The maximum absolute atomic E-state index is 13.6. The minimum atomic E-state index is -0.259. The Kier molecular flexibility index (Phi) is 7.08. The Morgan fingerprint density at radius 2 is 2.06 bits per heavy atom. The van der Waals surface area contributed by atoms with E-state index in [0.29, 0.717) is 46.0 Å². The third-order valence-electron chi connectivity index (χ3n) is 6.18. The topological polar surface area (TPSA) is 85.2 Å². The molecule has 3 aromatic rings. The number of anilines is 1. The Morgan fingerprint density at radius 1 is 1.25 bits per heavy atom. The number of nitrogens with zero attached hydrogens (tertiary/aromatic N) is 3. The highest BCUT2D eigenvalue weighted by Gasteiger charge is 2.35. The summed E-state index contributed by atoms with van der Waals surface area (Å²) in [5, 5.41) is 3.29. The lowest BCUT2D eigenvalue weighted by molar-refractivity contribution is -0.123. The van der Waals surface area contributed by atoms with E-state index < -0.39 is 0 Å². The zero-order valence-electron chi connectivity index (χ0n) is 20.0. The number of thiocarbonyl (C=S) groups is 1. The van der Waals surface area contributed by atoms with Crippen molar-refractivity contribution in [1.29, 1.82) is 0 Å². The fourth-order valence-corrected chi connectivity index (χ4v) is 5.49. The molecule has 0 unspecified atom stereocenters. The first-order valence-electron chi connectivity index (χ1n) is 11.7. The highest BCUT2D eigenvalue weighted by Crippen LogP contribution is 2.34. The lowest BCUT2D eigenvalue weighted by Gasteiger charge is -2.18. The van der Waals surface area contributed by atoms with Crippen LogP contribution in [0.2, 0.25) is 0 Å². The van der Waals surface area contributed by atoms with Crippen molar-refractivity contribution in [3.63, 3.8) is 0 Å². The second-order valence-electron chi connectivity index (χ2n) is 8.74. The number of aromatic nitrogens is 2. The Labute approximate surface area is 218 Å². The summed E-state index contributed by atoms with van der Waals surface area (Å²) in [6, 6.07) is 11.4. The molecular weight excluding hydrogens is 496 g/mol. The first kappa shape index (κ1) is 24.5. The van der Waals surface area contributed by atoms with Crippen molar-refractivity contribution in [2.75, 3.05) is 25.6 Å². The van der Waals surface area contributed by atoms with Crippen molar-refractivity contribution in [2.45, 2.75) is 32.4 Å². The second kappa shape index (κ2) is 10.4. The predicted molar refractivity (Wildman–Crippen MR) is 145 cm³/mol. The largest absolute Gasteiger partial charge is 0.497 e. The number of pyridine rings is 1. The Bertz CT molecular complexity index is 1410. The SMILES string of the molecule is COc1ccc(CNc2nc3ccc(C)cn3c(=O)c2/C=C2\SC(=S)N(C[C@H]3CCCO3)C2=O)cc1.